The Labute approximate surface area is 157 Å². The SMILES string of the molecule is CC(C)(O)c1cc(Cl)cc(S(=O)(=O)Nc2cccc(Br)c2F)c1Cl. The summed E-state index contributed by atoms with van der Waals surface area (Å²) in [5, 5.41) is 10.0. The zero-order chi connectivity index (χ0) is 18.3. The first kappa shape index (κ1) is 19.5. The van der Waals surface area contributed by atoms with E-state index in [1.165, 1.54) is 38.1 Å². The Morgan fingerprint density at radius 3 is 2.46 bits per heavy atom. The van der Waals surface area contributed by atoms with E-state index in [-0.39, 0.29) is 30.7 Å². The largest absolute Gasteiger partial charge is 0.386 e. The van der Waals surface area contributed by atoms with E-state index in [0.717, 1.165) is 6.07 Å². The summed E-state index contributed by atoms with van der Waals surface area (Å²) in [5.74, 6) is -0.762. The first-order chi connectivity index (χ1) is 10.9. The summed E-state index contributed by atoms with van der Waals surface area (Å²) < 4.78 is 41.5. The molecule has 0 saturated carbocycles. The van der Waals surface area contributed by atoms with Crippen molar-refractivity contribution in [2.24, 2.45) is 0 Å². The molecule has 2 rings (SSSR count). The van der Waals surface area contributed by atoms with Crippen molar-refractivity contribution < 1.29 is 17.9 Å². The minimum Gasteiger partial charge on any atom is -0.386 e. The number of rotatable bonds is 4. The maximum Gasteiger partial charge on any atom is 0.263 e. The van der Waals surface area contributed by atoms with E-state index >= 15 is 0 Å². The van der Waals surface area contributed by atoms with E-state index in [1.807, 2.05) is 0 Å². The molecular weight excluding hydrogens is 444 g/mol. The summed E-state index contributed by atoms with van der Waals surface area (Å²) in [6.07, 6.45) is 0. The molecular formula is C15H13BrCl2FNO3S. The van der Waals surface area contributed by atoms with Crippen LogP contribution in [0.2, 0.25) is 10.0 Å². The van der Waals surface area contributed by atoms with E-state index in [2.05, 4.69) is 20.7 Å². The third-order valence-corrected chi connectivity index (χ3v) is 5.89. The van der Waals surface area contributed by atoms with E-state index in [1.54, 1.807) is 0 Å². The van der Waals surface area contributed by atoms with Crippen molar-refractivity contribution in [1.82, 2.24) is 0 Å². The molecule has 9 heteroatoms. The molecule has 0 atom stereocenters. The molecule has 2 N–H and O–H groups in total. The van der Waals surface area contributed by atoms with Gasteiger partial charge in [-0.2, -0.15) is 0 Å². The van der Waals surface area contributed by atoms with Crippen LogP contribution in [0, 0.1) is 5.82 Å². The summed E-state index contributed by atoms with van der Waals surface area (Å²) in [6, 6.07) is 6.70. The van der Waals surface area contributed by atoms with Crippen LogP contribution < -0.4 is 4.72 Å². The maximum absolute atomic E-state index is 14.0. The van der Waals surface area contributed by atoms with Crippen LogP contribution >= 0.6 is 39.1 Å². The van der Waals surface area contributed by atoms with Crippen molar-refractivity contribution in [3.05, 3.63) is 56.2 Å². The normalized spacial score (nSPS) is 12.3. The van der Waals surface area contributed by atoms with Gasteiger partial charge >= 0.3 is 0 Å². The summed E-state index contributed by atoms with van der Waals surface area (Å²) >= 11 is 15.1. The molecule has 130 valence electrons. The summed E-state index contributed by atoms with van der Waals surface area (Å²) in [6.45, 7) is 2.89. The lowest BCUT2D eigenvalue weighted by molar-refractivity contribution is 0.0785. The standard InChI is InChI=1S/C15H13BrCl2FNO3S/c1-15(2,21)9-6-8(17)7-12(13(9)18)24(22,23)20-11-5-3-4-10(16)14(11)19/h3-7,20-21H,1-2H3. The quantitative estimate of drug-likeness (QED) is 0.685. The Morgan fingerprint density at radius 1 is 1.25 bits per heavy atom. The van der Waals surface area contributed by atoms with Gasteiger partial charge in [-0.3, -0.25) is 4.72 Å². The van der Waals surface area contributed by atoms with Gasteiger partial charge in [0.1, 0.15) is 4.90 Å². The molecule has 0 aromatic heterocycles. The van der Waals surface area contributed by atoms with Gasteiger partial charge < -0.3 is 5.11 Å². The van der Waals surface area contributed by atoms with Gasteiger partial charge in [0.15, 0.2) is 5.82 Å². The van der Waals surface area contributed by atoms with Crippen molar-refractivity contribution >= 4 is 54.8 Å². The highest BCUT2D eigenvalue weighted by Gasteiger charge is 2.28. The fourth-order valence-corrected chi connectivity index (χ4v) is 4.47. The zero-order valence-electron chi connectivity index (χ0n) is 12.6. The van der Waals surface area contributed by atoms with Crippen molar-refractivity contribution in [3.8, 4) is 0 Å². The first-order valence-electron chi connectivity index (χ1n) is 6.62. The molecule has 0 saturated heterocycles. The van der Waals surface area contributed by atoms with E-state index in [4.69, 9.17) is 23.2 Å². The predicted octanol–water partition coefficient (Wildman–Crippen LogP) is 4.92. The number of benzene rings is 2. The van der Waals surface area contributed by atoms with Gasteiger partial charge in [-0.1, -0.05) is 29.3 Å². The number of aliphatic hydroxyl groups is 1. The molecule has 0 aliphatic carbocycles. The molecule has 4 nitrogen and oxygen atoms in total. The minimum atomic E-state index is -4.23. The molecule has 0 radical (unpaired) electrons. The maximum atomic E-state index is 14.0. The molecule has 0 fully saturated rings. The predicted molar refractivity (Wildman–Crippen MR) is 96.6 cm³/mol. The fourth-order valence-electron chi connectivity index (χ4n) is 1.99. The Bertz CT molecular complexity index is 898. The average Bonchev–Trinajstić information content (AvgIpc) is 2.44. The minimum absolute atomic E-state index is 0.0756. The van der Waals surface area contributed by atoms with Crippen molar-refractivity contribution in [2.75, 3.05) is 4.72 Å². The van der Waals surface area contributed by atoms with Crippen LogP contribution in [0.4, 0.5) is 10.1 Å². The second kappa shape index (κ2) is 6.80. The number of hydrogen-bond acceptors (Lipinski definition) is 3. The highest BCUT2D eigenvalue weighted by Crippen LogP contribution is 2.36. The smallest absolute Gasteiger partial charge is 0.263 e. The topological polar surface area (TPSA) is 66.4 Å². The zero-order valence-corrected chi connectivity index (χ0v) is 16.5. The van der Waals surface area contributed by atoms with Gasteiger partial charge in [0, 0.05) is 10.6 Å². The van der Waals surface area contributed by atoms with Crippen LogP contribution in [-0.2, 0) is 15.6 Å². The molecule has 0 aliphatic heterocycles. The summed E-state index contributed by atoms with van der Waals surface area (Å²) in [4.78, 5) is -0.354. The molecule has 2 aromatic carbocycles. The lowest BCUT2D eigenvalue weighted by Gasteiger charge is -2.21. The summed E-state index contributed by atoms with van der Waals surface area (Å²) in [7, 11) is -4.23. The third-order valence-electron chi connectivity index (χ3n) is 3.15. The summed E-state index contributed by atoms with van der Waals surface area (Å²) in [5.41, 5.74) is -1.51. The van der Waals surface area contributed by atoms with Crippen LogP contribution in [0.25, 0.3) is 0 Å². The molecule has 0 aliphatic rings. The van der Waals surface area contributed by atoms with Gasteiger partial charge in [-0.05, 0) is 54.0 Å². The molecule has 0 heterocycles. The van der Waals surface area contributed by atoms with Crippen molar-refractivity contribution in [1.29, 1.82) is 0 Å². The number of halogens is 4. The highest BCUT2D eigenvalue weighted by atomic mass is 79.9. The van der Waals surface area contributed by atoms with Crippen LogP contribution in [0.5, 0.6) is 0 Å². The van der Waals surface area contributed by atoms with Gasteiger partial charge in [0.05, 0.1) is 20.8 Å². The van der Waals surface area contributed by atoms with E-state index in [9.17, 15) is 17.9 Å². The Morgan fingerprint density at radius 2 is 1.88 bits per heavy atom. The van der Waals surface area contributed by atoms with Crippen LogP contribution in [0.15, 0.2) is 39.7 Å². The molecule has 24 heavy (non-hydrogen) atoms. The number of nitrogens with one attached hydrogen (secondary N) is 1. The number of sulfonamides is 1. The molecule has 0 unspecified atom stereocenters. The number of hydrogen-bond donors (Lipinski definition) is 2. The number of anilines is 1. The third kappa shape index (κ3) is 4.03. The Hall–Kier alpha value is -0.860. The lowest BCUT2D eigenvalue weighted by atomic mass is 9.98. The van der Waals surface area contributed by atoms with Crippen LogP contribution in [-0.4, -0.2) is 13.5 Å². The van der Waals surface area contributed by atoms with Gasteiger partial charge in [-0.25, -0.2) is 12.8 Å². The van der Waals surface area contributed by atoms with E-state index in [0.29, 0.717) is 0 Å². The molecule has 0 spiro atoms. The highest BCUT2D eigenvalue weighted by molar-refractivity contribution is 9.10. The van der Waals surface area contributed by atoms with Gasteiger partial charge in [0.2, 0.25) is 0 Å². The average molecular weight is 457 g/mol. The van der Waals surface area contributed by atoms with Gasteiger partial charge in [-0.15, -0.1) is 0 Å². The Kier molecular flexibility index (Phi) is 5.52. The van der Waals surface area contributed by atoms with Crippen LogP contribution in [0.3, 0.4) is 0 Å². The van der Waals surface area contributed by atoms with Gasteiger partial charge in [0.25, 0.3) is 10.0 Å². The van der Waals surface area contributed by atoms with E-state index < -0.39 is 21.4 Å². The fraction of sp³-hybridized carbons (Fsp3) is 0.200. The monoisotopic (exact) mass is 455 g/mol. The first-order valence-corrected chi connectivity index (χ1v) is 9.65. The lowest BCUT2D eigenvalue weighted by Crippen LogP contribution is -2.20. The molecule has 2 aromatic rings. The van der Waals surface area contributed by atoms with Crippen molar-refractivity contribution in [3.63, 3.8) is 0 Å². The van der Waals surface area contributed by atoms with Crippen LogP contribution in [0.1, 0.15) is 19.4 Å². The second-order valence-electron chi connectivity index (χ2n) is 5.53. The molecule has 0 bridgehead atoms. The van der Waals surface area contributed by atoms with Crippen molar-refractivity contribution in [2.45, 2.75) is 24.3 Å². The molecule has 0 amide bonds. The second-order valence-corrected chi connectivity index (χ2v) is 8.85. The Balaban J connectivity index is 2.58.